The van der Waals surface area contributed by atoms with Crippen molar-refractivity contribution in [1.29, 1.82) is 0 Å². The van der Waals surface area contributed by atoms with Crippen molar-refractivity contribution in [3.63, 3.8) is 0 Å². The minimum atomic E-state index is -0.945. The van der Waals surface area contributed by atoms with E-state index in [1.54, 1.807) is 11.8 Å². The smallest absolute Gasteiger partial charge is 0.232 e. The third-order valence-electron chi connectivity index (χ3n) is 3.64. The molecule has 24 heavy (non-hydrogen) atoms. The Morgan fingerprint density at radius 1 is 1.25 bits per heavy atom. The molecule has 1 fully saturated rings. The van der Waals surface area contributed by atoms with E-state index < -0.39 is 17.7 Å². The first kappa shape index (κ1) is 18.7. The van der Waals surface area contributed by atoms with Crippen molar-refractivity contribution in [2.45, 2.75) is 13.0 Å². The maximum atomic E-state index is 13.2. The Bertz CT molecular complexity index is 595. The zero-order chi connectivity index (χ0) is 17.5. The molecule has 1 N–H and O–H groups in total. The number of nitrogens with zero attached hydrogens (tertiary/aromatic N) is 1. The summed E-state index contributed by atoms with van der Waals surface area (Å²) >= 11 is 1.23. The van der Waals surface area contributed by atoms with Gasteiger partial charge in [0.15, 0.2) is 11.6 Å². The van der Waals surface area contributed by atoms with Gasteiger partial charge in [-0.05, 0) is 24.6 Å². The molecule has 1 saturated heterocycles. The third kappa shape index (κ3) is 5.45. The molecule has 1 unspecified atom stereocenters. The van der Waals surface area contributed by atoms with E-state index in [1.165, 1.54) is 17.8 Å². The van der Waals surface area contributed by atoms with E-state index in [0.29, 0.717) is 31.9 Å². The summed E-state index contributed by atoms with van der Waals surface area (Å²) in [6.07, 6.45) is 0. The zero-order valence-corrected chi connectivity index (χ0v) is 14.2. The van der Waals surface area contributed by atoms with Crippen LogP contribution in [0, 0.1) is 11.6 Å². The Morgan fingerprint density at radius 3 is 2.62 bits per heavy atom. The standard InChI is InChI=1S/C16H20F2N2O3S/c1-11(12-2-3-13(17)14(18)8-12)19-15(21)9-24-10-16(22)20-4-6-23-7-5-20/h2-3,8,11H,4-7,9-10H2,1H3,(H,19,21). The van der Waals surface area contributed by atoms with Gasteiger partial charge in [-0.2, -0.15) is 0 Å². The van der Waals surface area contributed by atoms with Crippen molar-refractivity contribution in [3.05, 3.63) is 35.4 Å². The molecule has 1 aromatic rings. The molecule has 1 atom stereocenters. The van der Waals surface area contributed by atoms with Gasteiger partial charge in [0.25, 0.3) is 0 Å². The van der Waals surface area contributed by atoms with Gasteiger partial charge in [-0.1, -0.05) is 6.07 Å². The lowest BCUT2D eigenvalue weighted by Gasteiger charge is -2.26. The van der Waals surface area contributed by atoms with E-state index in [2.05, 4.69) is 5.32 Å². The van der Waals surface area contributed by atoms with Crippen molar-refractivity contribution in [2.24, 2.45) is 0 Å². The fourth-order valence-electron chi connectivity index (χ4n) is 2.28. The number of hydrogen-bond donors (Lipinski definition) is 1. The lowest BCUT2D eigenvalue weighted by molar-refractivity contribution is -0.132. The molecule has 0 saturated carbocycles. The Morgan fingerprint density at radius 2 is 1.96 bits per heavy atom. The number of rotatable bonds is 6. The molecule has 0 aromatic heterocycles. The minimum absolute atomic E-state index is 0.00949. The number of carbonyl (C=O) groups excluding carboxylic acids is 2. The Labute approximate surface area is 143 Å². The number of hydrogen-bond acceptors (Lipinski definition) is 4. The van der Waals surface area contributed by atoms with Crippen LogP contribution in [0.5, 0.6) is 0 Å². The van der Waals surface area contributed by atoms with Crippen molar-refractivity contribution in [2.75, 3.05) is 37.8 Å². The monoisotopic (exact) mass is 358 g/mol. The molecule has 0 bridgehead atoms. The molecule has 8 heteroatoms. The van der Waals surface area contributed by atoms with Gasteiger partial charge in [0, 0.05) is 13.1 Å². The van der Waals surface area contributed by atoms with E-state index in [4.69, 9.17) is 4.74 Å². The van der Waals surface area contributed by atoms with Gasteiger partial charge in [-0.15, -0.1) is 11.8 Å². The van der Waals surface area contributed by atoms with Crippen LogP contribution >= 0.6 is 11.8 Å². The van der Waals surface area contributed by atoms with Gasteiger partial charge in [0.2, 0.25) is 11.8 Å². The minimum Gasteiger partial charge on any atom is -0.378 e. The highest BCUT2D eigenvalue weighted by Crippen LogP contribution is 2.16. The van der Waals surface area contributed by atoms with Crippen LogP contribution in [0.3, 0.4) is 0 Å². The van der Waals surface area contributed by atoms with Gasteiger partial charge < -0.3 is 15.0 Å². The normalized spacial score (nSPS) is 15.9. The van der Waals surface area contributed by atoms with E-state index >= 15 is 0 Å². The first-order valence-corrected chi connectivity index (χ1v) is 8.80. The Balaban J connectivity index is 1.72. The van der Waals surface area contributed by atoms with E-state index in [0.717, 1.165) is 12.1 Å². The summed E-state index contributed by atoms with van der Waals surface area (Å²) in [7, 11) is 0. The molecular weight excluding hydrogens is 338 g/mol. The van der Waals surface area contributed by atoms with Gasteiger partial charge >= 0.3 is 0 Å². The fraction of sp³-hybridized carbons (Fsp3) is 0.500. The van der Waals surface area contributed by atoms with Crippen molar-refractivity contribution >= 4 is 23.6 Å². The van der Waals surface area contributed by atoms with Crippen LogP contribution in [0.4, 0.5) is 8.78 Å². The largest absolute Gasteiger partial charge is 0.378 e. The van der Waals surface area contributed by atoms with Crippen LogP contribution in [0.15, 0.2) is 18.2 Å². The number of nitrogens with one attached hydrogen (secondary N) is 1. The number of amides is 2. The number of morpholine rings is 1. The quantitative estimate of drug-likeness (QED) is 0.842. The summed E-state index contributed by atoms with van der Waals surface area (Å²) in [4.78, 5) is 25.5. The second kappa shape index (κ2) is 8.98. The van der Waals surface area contributed by atoms with Crippen molar-refractivity contribution in [1.82, 2.24) is 10.2 Å². The summed E-state index contributed by atoms with van der Waals surface area (Å²) in [6, 6.07) is 3.08. The van der Waals surface area contributed by atoms with Crippen LogP contribution in [0.2, 0.25) is 0 Å². The summed E-state index contributed by atoms with van der Waals surface area (Å²) in [5.74, 6) is -1.78. The average molecular weight is 358 g/mol. The Hall–Kier alpha value is -1.67. The molecule has 5 nitrogen and oxygen atoms in total. The molecule has 1 aliphatic rings. The molecule has 0 radical (unpaired) electrons. The summed E-state index contributed by atoms with van der Waals surface area (Å²) in [5, 5.41) is 2.70. The topological polar surface area (TPSA) is 58.6 Å². The lowest BCUT2D eigenvalue weighted by atomic mass is 10.1. The highest BCUT2D eigenvalue weighted by atomic mass is 32.2. The lowest BCUT2D eigenvalue weighted by Crippen LogP contribution is -2.41. The van der Waals surface area contributed by atoms with Crippen LogP contribution in [-0.2, 0) is 14.3 Å². The molecule has 132 valence electrons. The molecule has 1 aliphatic heterocycles. The van der Waals surface area contributed by atoms with E-state index in [1.807, 2.05) is 0 Å². The first-order chi connectivity index (χ1) is 11.5. The second-order valence-corrected chi connectivity index (χ2v) is 6.43. The molecular formula is C16H20F2N2O3S. The fourth-order valence-corrected chi connectivity index (χ4v) is 3.01. The number of ether oxygens (including phenoxy) is 1. The molecule has 0 aliphatic carbocycles. The maximum absolute atomic E-state index is 13.2. The van der Waals surface area contributed by atoms with Crippen molar-refractivity contribution < 1.29 is 23.1 Å². The number of halogens is 2. The molecule has 1 aromatic carbocycles. The van der Waals surface area contributed by atoms with Crippen molar-refractivity contribution in [3.8, 4) is 0 Å². The van der Waals surface area contributed by atoms with E-state index in [-0.39, 0.29) is 23.3 Å². The predicted octanol–water partition coefficient (Wildman–Crippen LogP) is 1.73. The molecule has 2 rings (SSSR count). The SMILES string of the molecule is CC(NC(=O)CSCC(=O)N1CCOCC1)c1ccc(F)c(F)c1. The Kier molecular flexibility index (Phi) is 6.99. The summed E-state index contributed by atoms with van der Waals surface area (Å²) in [5.41, 5.74) is 0.483. The van der Waals surface area contributed by atoms with Crippen LogP contribution < -0.4 is 5.32 Å². The number of benzene rings is 1. The van der Waals surface area contributed by atoms with Gasteiger partial charge in [0.05, 0.1) is 30.8 Å². The number of carbonyl (C=O) groups is 2. The van der Waals surface area contributed by atoms with Gasteiger partial charge in [0.1, 0.15) is 0 Å². The first-order valence-electron chi connectivity index (χ1n) is 7.65. The average Bonchev–Trinajstić information content (AvgIpc) is 2.58. The summed E-state index contributed by atoms with van der Waals surface area (Å²) < 4.78 is 31.3. The molecule has 0 spiro atoms. The predicted molar refractivity (Wildman–Crippen MR) is 87.6 cm³/mol. The van der Waals surface area contributed by atoms with Crippen LogP contribution in [0.25, 0.3) is 0 Å². The van der Waals surface area contributed by atoms with Crippen LogP contribution in [0.1, 0.15) is 18.5 Å². The van der Waals surface area contributed by atoms with Gasteiger partial charge in [-0.3, -0.25) is 9.59 Å². The second-order valence-electron chi connectivity index (χ2n) is 5.45. The number of thioether (sulfide) groups is 1. The van der Waals surface area contributed by atoms with Gasteiger partial charge in [-0.25, -0.2) is 8.78 Å². The highest BCUT2D eigenvalue weighted by molar-refractivity contribution is 8.00. The van der Waals surface area contributed by atoms with Crippen LogP contribution in [-0.4, -0.2) is 54.5 Å². The highest BCUT2D eigenvalue weighted by Gasteiger charge is 2.17. The maximum Gasteiger partial charge on any atom is 0.232 e. The third-order valence-corrected chi connectivity index (χ3v) is 4.56. The summed E-state index contributed by atoms with van der Waals surface area (Å²) in [6.45, 7) is 3.94. The molecule has 2 amide bonds. The zero-order valence-electron chi connectivity index (χ0n) is 13.4. The van der Waals surface area contributed by atoms with E-state index in [9.17, 15) is 18.4 Å². The molecule has 1 heterocycles.